The molecular weight excluding hydrogens is 396 g/mol. The molecule has 0 spiro atoms. The van der Waals surface area contributed by atoms with Crippen molar-refractivity contribution in [1.82, 2.24) is 0 Å². The van der Waals surface area contributed by atoms with Gasteiger partial charge in [-0.25, -0.2) is 0 Å². The normalized spacial score (nSPS) is 13.2. The molecule has 0 fully saturated rings. The Kier molecular flexibility index (Phi) is 24.6. The topological polar surface area (TPSA) is 35.5 Å². The molecule has 0 aromatic carbocycles. The lowest BCUT2D eigenvalue weighted by Crippen LogP contribution is -2.19. The number of hydrogen-bond donors (Lipinski definition) is 0. The van der Waals surface area contributed by atoms with E-state index in [-0.39, 0.29) is 5.97 Å². The second-order valence-corrected chi connectivity index (χ2v) is 9.89. The van der Waals surface area contributed by atoms with Crippen LogP contribution in [0.1, 0.15) is 150 Å². The first-order valence-electron chi connectivity index (χ1n) is 14.4. The van der Waals surface area contributed by atoms with Gasteiger partial charge in [-0.2, -0.15) is 0 Å². The van der Waals surface area contributed by atoms with E-state index in [2.05, 4.69) is 27.7 Å². The quantitative estimate of drug-likeness (QED) is 0.102. The van der Waals surface area contributed by atoms with E-state index in [9.17, 15) is 4.79 Å². The number of carbonyl (C=O) groups is 1. The fourth-order valence-corrected chi connectivity index (χ4v) is 4.27. The van der Waals surface area contributed by atoms with Crippen molar-refractivity contribution >= 4 is 5.97 Å². The third-order valence-electron chi connectivity index (χ3n) is 6.78. The highest BCUT2D eigenvalue weighted by Crippen LogP contribution is 2.20. The molecule has 3 heteroatoms. The van der Waals surface area contributed by atoms with Crippen molar-refractivity contribution in [3.8, 4) is 0 Å². The molecule has 0 heterocycles. The standard InChI is InChI=1S/C29H58O3/c1-5-9-11-13-15-16-17-18-20-22-29(30)32-26-28(8-4)24-27(7-3)25-31-23-21-19-14-12-10-6-2/h27-28H,5-26H2,1-4H3. The summed E-state index contributed by atoms with van der Waals surface area (Å²) < 4.78 is 11.6. The van der Waals surface area contributed by atoms with Crippen molar-refractivity contribution in [2.24, 2.45) is 11.8 Å². The number of esters is 1. The van der Waals surface area contributed by atoms with Crippen LogP contribution in [0.25, 0.3) is 0 Å². The minimum Gasteiger partial charge on any atom is -0.465 e. The smallest absolute Gasteiger partial charge is 0.305 e. The van der Waals surface area contributed by atoms with Crippen LogP contribution in [0.2, 0.25) is 0 Å². The van der Waals surface area contributed by atoms with Gasteiger partial charge in [-0.1, -0.05) is 124 Å². The molecule has 0 aliphatic heterocycles. The van der Waals surface area contributed by atoms with Gasteiger partial charge in [0.1, 0.15) is 0 Å². The van der Waals surface area contributed by atoms with Crippen molar-refractivity contribution in [3.63, 3.8) is 0 Å². The Labute approximate surface area is 201 Å². The van der Waals surface area contributed by atoms with Crippen molar-refractivity contribution in [3.05, 3.63) is 0 Å². The maximum absolute atomic E-state index is 12.1. The molecule has 0 radical (unpaired) electrons. The molecule has 0 aromatic heterocycles. The van der Waals surface area contributed by atoms with Gasteiger partial charge in [0, 0.05) is 19.6 Å². The molecule has 0 aliphatic rings. The first-order valence-corrected chi connectivity index (χ1v) is 14.4. The molecule has 0 N–H and O–H groups in total. The van der Waals surface area contributed by atoms with E-state index in [0.29, 0.717) is 24.9 Å². The van der Waals surface area contributed by atoms with Gasteiger partial charge in [-0.15, -0.1) is 0 Å². The average Bonchev–Trinajstić information content (AvgIpc) is 2.81. The zero-order chi connectivity index (χ0) is 23.7. The van der Waals surface area contributed by atoms with Crippen LogP contribution in [0.5, 0.6) is 0 Å². The average molecular weight is 455 g/mol. The molecular formula is C29H58O3. The van der Waals surface area contributed by atoms with Crippen molar-refractivity contribution < 1.29 is 14.3 Å². The van der Waals surface area contributed by atoms with Crippen LogP contribution in [0, 0.1) is 11.8 Å². The summed E-state index contributed by atoms with van der Waals surface area (Å²) in [4.78, 5) is 12.1. The molecule has 0 saturated carbocycles. The lowest BCUT2D eigenvalue weighted by atomic mass is 9.92. The summed E-state index contributed by atoms with van der Waals surface area (Å²) >= 11 is 0. The molecule has 0 aromatic rings. The Morgan fingerprint density at radius 3 is 1.59 bits per heavy atom. The second-order valence-electron chi connectivity index (χ2n) is 9.89. The Morgan fingerprint density at radius 2 is 1.06 bits per heavy atom. The van der Waals surface area contributed by atoms with E-state index < -0.39 is 0 Å². The number of unbranched alkanes of at least 4 members (excludes halogenated alkanes) is 13. The van der Waals surface area contributed by atoms with Gasteiger partial charge in [0.05, 0.1) is 6.61 Å². The summed E-state index contributed by atoms with van der Waals surface area (Å²) in [6.07, 6.45) is 23.3. The molecule has 0 bridgehead atoms. The summed E-state index contributed by atoms with van der Waals surface area (Å²) in [6.45, 7) is 11.3. The van der Waals surface area contributed by atoms with E-state index in [1.807, 2.05) is 0 Å². The van der Waals surface area contributed by atoms with Gasteiger partial charge in [0.15, 0.2) is 0 Å². The maximum atomic E-state index is 12.1. The molecule has 0 saturated heterocycles. The molecule has 3 nitrogen and oxygen atoms in total. The van der Waals surface area contributed by atoms with Crippen LogP contribution in [-0.2, 0) is 14.3 Å². The lowest BCUT2D eigenvalue weighted by molar-refractivity contribution is -0.145. The minimum absolute atomic E-state index is 0.00114. The van der Waals surface area contributed by atoms with E-state index in [1.165, 1.54) is 83.5 Å². The van der Waals surface area contributed by atoms with Crippen molar-refractivity contribution in [2.75, 3.05) is 19.8 Å². The maximum Gasteiger partial charge on any atom is 0.305 e. The Hall–Kier alpha value is -0.570. The van der Waals surface area contributed by atoms with Gasteiger partial charge < -0.3 is 9.47 Å². The first kappa shape index (κ1) is 31.4. The Morgan fingerprint density at radius 1 is 0.594 bits per heavy atom. The van der Waals surface area contributed by atoms with Crippen molar-refractivity contribution in [2.45, 2.75) is 150 Å². The van der Waals surface area contributed by atoms with Crippen molar-refractivity contribution in [1.29, 1.82) is 0 Å². The Bertz CT molecular complexity index is 383. The summed E-state index contributed by atoms with van der Waals surface area (Å²) in [7, 11) is 0. The fraction of sp³-hybridized carbons (Fsp3) is 0.966. The Balaban J connectivity index is 3.75. The lowest BCUT2D eigenvalue weighted by Gasteiger charge is -2.21. The van der Waals surface area contributed by atoms with Gasteiger partial charge in [-0.3, -0.25) is 4.79 Å². The van der Waals surface area contributed by atoms with Gasteiger partial charge in [0.25, 0.3) is 0 Å². The largest absolute Gasteiger partial charge is 0.465 e. The second kappa shape index (κ2) is 25.1. The predicted molar refractivity (Wildman–Crippen MR) is 139 cm³/mol. The third-order valence-corrected chi connectivity index (χ3v) is 6.78. The number of rotatable bonds is 25. The SMILES string of the molecule is CCCCCCCCCCCC(=O)OCC(CC)CC(CC)COCCCCCCCC. The first-order chi connectivity index (χ1) is 15.7. The zero-order valence-corrected chi connectivity index (χ0v) is 22.4. The highest BCUT2D eigenvalue weighted by atomic mass is 16.5. The van der Waals surface area contributed by atoms with E-state index >= 15 is 0 Å². The summed E-state index contributed by atoms with van der Waals surface area (Å²) in [6, 6.07) is 0. The monoisotopic (exact) mass is 454 g/mol. The number of hydrogen-bond acceptors (Lipinski definition) is 3. The highest BCUT2D eigenvalue weighted by molar-refractivity contribution is 5.69. The van der Waals surface area contributed by atoms with Crippen LogP contribution in [-0.4, -0.2) is 25.8 Å². The highest BCUT2D eigenvalue weighted by Gasteiger charge is 2.16. The molecule has 0 aliphatic carbocycles. The summed E-state index contributed by atoms with van der Waals surface area (Å²) in [5, 5.41) is 0. The van der Waals surface area contributed by atoms with E-state index in [0.717, 1.165) is 45.3 Å². The molecule has 0 amide bonds. The third kappa shape index (κ3) is 21.3. The van der Waals surface area contributed by atoms with Crippen LogP contribution in [0.4, 0.5) is 0 Å². The van der Waals surface area contributed by atoms with Crippen LogP contribution in [0.3, 0.4) is 0 Å². The van der Waals surface area contributed by atoms with Gasteiger partial charge in [0.2, 0.25) is 0 Å². The zero-order valence-electron chi connectivity index (χ0n) is 22.4. The minimum atomic E-state index is -0.00114. The molecule has 2 atom stereocenters. The predicted octanol–water partition coefficient (Wildman–Crippen LogP) is 9.27. The summed E-state index contributed by atoms with van der Waals surface area (Å²) in [5.74, 6) is 1.04. The fourth-order valence-electron chi connectivity index (χ4n) is 4.27. The summed E-state index contributed by atoms with van der Waals surface area (Å²) in [5.41, 5.74) is 0. The molecule has 32 heavy (non-hydrogen) atoms. The number of ether oxygens (including phenoxy) is 2. The van der Waals surface area contributed by atoms with Gasteiger partial charge >= 0.3 is 5.97 Å². The van der Waals surface area contributed by atoms with E-state index in [1.54, 1.807) is 0 Å². The molecule has 192 valence electrons. The van der Waals surface area contributed by atoms with E-state index in [4.69, 9.17) is 9.47 Å². The van der Waals surface area contributed by atoms with Crippen LogP contribution < -0.4 is 0 Å². The van der Waals surface area contributed by atoms with Gasteiger partial charge in [-0.05, 0) is 31.1 Å². The molecule has 0 rings (SSSR count). The van der Waals surface area contributed by atoms with Crippen LogP contribution >= 0.6 is 0 Å². The van der Waals surface area contributed by atoms with Crippen LogP contribution in [0.15, 0.2) is 0 Å². The molecule has 2 unspecified atom stereocenters. The number of carbonyl (C=O) groups excluding carboxylic acids is 1.